The molecule has 1 atom stereocenters. The lowest BCUT2D eigenvalue weighted by atomic mass is 10.00. The lowest BCUT2D eigenvalue weighted by Crippen LogP contribution is -2.31. The molecule has 1 fully saturated rings. The second-order valence-corrected chi connectivity index (χ2v) is 7.06. The molecule has 4 heterocycles. The lowest BCUT2D eigenvalue weighted by Gasteiger charge is -2.12. The first-order chi connectivity index (χ1) is 13.7. The zero-order valence-corrected chi connectivity index (χ0v) is 15.2. The van der Waals surface area contributed by atoms with E-state index < -0.39 is 0 Å². The number of nitrogens with two attached hydrogens (primary N) is 1. The fourth-order valence-electron chi connectivity index (χ4n) is 3.78. The number of rotatable bonds is 4. The van der Waals surface area contributed by atoms with Crippen molar-refractivity contribution in [3.8, 4) is 11.1 Å². The molecule has 0 aliphatic carbocycles. The Hall–Kier alpha value is -3.39. The topological polar surface area (TPSA) is 122 Å². The molecule has 150 valence electrons. The second kappa shape index (κ2) is 7.56. The molecule has 1 aromatic carbocycles. The molecule has 0 saturated carbocycles. The molecule has 1 aliphatic heterocycles. The van der Waals surface area contributed by atoms with Gasteiger partial charge < -0.3 is 20.8 Å². The number of benzene rings is 1. The lowest BCUT2D eigenvalue weighted by molar-refractivity contribution is 0.0859. The number of aromatic amines is 2. The fraction of sp³-hybridized carbons (Fsp3) is 0.286. The van der Waals surface area contributed by atoms with Crippen LogP contribution in [0.25, 0.3) is 32.9 Å². The number of nitrogens with zero attached hydrogens (tertiary/aromatic N) is 2. The third-order valence-electron chi connectivity index (χ3n) is 5.21. The minimum Gasteiger partial charge on any atom is -0.384 e. The molecule has 0 unspecified atom stereocenters. The molecule has 0 spiro atoms. The molecule has 8 nitrogen and oxygen atoms in total. The van der Waals surface area contributed by atoms with Crippen molar-refractivity contribution in [1.29, 1.82) is 0 Å². The van der Waals surface area contributed by atoms with Gasteiger partial charge in [-0.1, -0.05) is 7.43 Å². The standard InChI is InChI=1S/C20H20N6O2.CH4/c21-18-6-14-16(9-22-17(14)10-23-18)11-4-12-7-25-26-19(12)15(5-11)20(27)24-8-13-2-1-3-28-13;/h4-7,9-10,13,22H,1-3,8H2,(H2,21,23)(H,24,27)(H,25,26);1H4/t13-;/m1./s1. The number of pyridine rings is 1. The Morgan fingerprint density at radius 2 is 2.21 bits per heavy atom. The summed E-state index contributed by atoms with van der Waals surface area (Å²) >= 11 is 0. The number of nitrogens with one attached hydrogen (secondary N) is 3. The van der Waals surface area contributed by atoms with E-state index >= 15 is 0 Å². The van der Waals surface area contributed by atoms with Gasteiger partial charge in [-0.25, -0.2) is 4.98 Å². The maximum atomic E-state index is 12.9. The van der Waals surface area contributed by atoms with Crippen LogP contribution >= 0.6 is 0 Å². The molecule has 5 rings (SSSR count). The summed E-state index contributed by atoms with van der Waals surface area (Å²) < 4.78 is 5.60. The summed E-state index contributed by atoms with van der Waals surface area (Å²) in [5.41, 5.74) is 9.90. The van der Waals surface area contributed by atoms with E-state index in [1.165, 1.54) is 0 Å². The molecule has 8 heteroatoms. The molecular weight excluding hydrogens is 368 g/mol. The normalized spacial score (nSPS) is 16.2. The van der Waals surface area contributed by atoms with Crippen LogP contribution in [0.1, 0.15) is 30.6 Å². The van der Waals surface area contributed by atoms with E-state index in [1.54, 1.807) is 12.4 Å². The molecule has 3 aromatic heterocycles. The Kier molecular flexibility index (Phi) is 4.94. The highest BCUT2D eigenvalue weighted by molar-refractivity contribution is 6.08. The maximum Gasteiger partial charge on any atom is 0.253 e. The van der Waals surface area contributed by atoms with Crippen LogP contribution in [0, 0.1) is 0 Å². The number of carbonyl (C=O) groups is 1. The largest absolute Gasteiger partial charge is 0.384 e. The molecular formula is C21H24N6O2. The first kappa shape index (κ1) is 18.9. The SMILES string of the molecule is C.Nc1cc2c(-c3cc(C(=O)NC[C@H]4CCCO4)c4[nH]ncc4c3)c[nH]c2cn1. The first-order valence-electron chi connectivity index (χ1n) is 9.29. The summed E-state index contributed by atoms with van der Waals surface area (Å²) in [7, 11) is 0. The number of H-pyrrole nitrogens is 2. The van der Waals surface area contributed by atoms with Crippen LogP contribution < -0.4 is 11.1 Å². The average molecular weight is 392 g/mol. The van der Waals surface area contributed by atoms with E-state index in [2.05, 4.69) is 25.5 Å². The maximum absolute atomic E-state index is 12.9. The first-order valence-corrected chi connectivity index (χ1v) is 9.29. The third kappa shape index (κ3) is 3.42. The summed E-state index contributed by atoms with van der Waals surface area (Å²) in [5, 5.41) is 11.9. The summed E-state index contributed by atoms with van der Waals surface area (Å²) in [5.74, 6) is 0.305. The minimum absolute atomic E-state index is 0. The van der Waals surface area contributed by atoms with Gasteiger partial charge in [0, 0.05) is 35.7 Å². The predicted octanol–water partition coefficient (Wildman–Crippen LogP) is 3.23. The Morgan fingerprint density at radius 3 is 3.03 bits per heavy atom. The Bertz CT molecular complexity index is 1170. The number of nitrogen functional groups attached to an aromatic ring is 1. The van der Waals surface area contributed by atoms with Crippen LogP contribution in [0.2, 0.25) is 0 Å². The smallest absolute Gasteiger partial charge is 0.253 e. The zero-order chi connectivity index (χ0) is 19.1. The van der Waals surface area contributed by atoms with E-state index in [4.69, 9.17) is 10.5 Å². The van der Waals surface area contributed by atoms with E-state index in [0.717, 1.165) is 52.4 Å². The van der Waals surface area contributed by atoms with Crippen LogP contribution in [0.3, 0.4) is 0 Å². The quantitative estimate of drug-likeness (QED) is 0.425. The van der Waals surface area contributed by atoms with Gasteiger partial charge in [0.25, 0.3) is 5.91 Å². The molecule has 1 saturated heterocycles. The number of anilines is 1. The molecule has 1 amide bonds. The second-order valence-electron chi connectivity index (χ2n) is 7.06. The van der Waals surface area contributed by atoms with Gasteiger partial charge >= 0.3 is 0 Å². The molecule has 0 radical (unpaired) electrons. The van der Waals surface area contributed by atoms with Gasteiger partial charge in [0.2, 0.25) is 0 Å². The molecule has 29 heavy (non-hydrogen) atoms. The number of fused-ring (bicyclic) bond motifs is 2. The van der Waals surface area contributed by atoms with Gasteiger partial charge in [-0.05, 0) is 36.6 Å². The van der Waals surface area contributed by atoms with Crippen molar-refractivity contribution in [3.63, 3.8) is 0 Å². The molecule has 5 N–H and O–H groups in total. The third-order valence-corrected chi connectivity index (χ3v) is 5.21. The van der Waals surface area contributed by atoms with Crippen LogP contribution in [-0.4, -0.2) is 45.3 Å². The van der Waals surface area contributed by atoms with Gasteiger partial charge in [-0.15, -0.1) is 0 Å². The fourth-order valence-corrected chi connectivity index (χ4v) is 3.78. The summed E-state index contributed by atoms with van der Waals surface area (Å²) in [6, 6.07) is 5.72. The Morgan fingerprint density at radius 1 is 1.31 bits per heavy atom. The van der Waals surface area contributed by atoms with Crippen LogP contribution in [0.4, 0.5) is 5.82 Å². The van der Waals surface area contributed by atoms with E-state index in [9.17, 15) is 4.79 Å². The van der Waals surface area contributed by atoms with E-state index in [0.29, 0.717) is 17.9 Å². The van der Waals surface area contributed by atoms with Gasteiger partial charge in [-0.2, -0.15) is 5.10 Å². The predicted molar refractivity (Wildman–Crippen MR) is 114 cm³/mol. The number of carbonyl (C=O) groups excluding carboxylic acids is 1. The number of amides is 1. The van der Waals surface area contributed by atoms with Crippen LogP contribution in [-0.2, 0) is 4.74 Å². The Labute approximate surface area is 167 Å². The van der Waals surface area contributed by atoms with E-state index in [1.807, 2.05) is 24.4 Å². The Balaban J connectivity index is 0.00000205. The zero-order valence-electron chi connectivity index (χ0n) is 15.2. The highest BCUT2D eigenvalue weighted by atomic mass is 16.5. The van der Waals surface area contributed by atoms with Crippen molar-refractivity contribution in [2.45, 2.75) is 26.4 Å². The van der Waals surface area contributed by atoms with Crippen molar-refractivity contribution in [2.75, 3.05) is 18.9 Å². The molecule has 4 aromatic rings. The monoisotopic (exact) mass is 392 g/mol. The van der Waals surface area contributed by atoms with Crippen molar-refractivity contribution < 1.29 is 9.53 Å². The summed E-state index contributed by atoms with van der Waals surface area (Å²) in [4.78, 5) is 20.2. The number of ether oxygens (including phenoxy) is 1. The molecule has 0 bridgehead atoms. The van der Waals surface area contributed by atoms with Crippen LogP contribution in [0.5, 0.6) is 0 Å². The molecule has 1 aliphatic rings. The van der Waals surface area contributed by atoms with Gasteiger partial charge in [0.1, 0.15) is 5.82 Å². The van der Waals surface area contributed by atoms with Crippen LogP contribution in [0.15, 0.2) is 36.8 Å². The van der Waals surface area contributed by atoms with Gasteiger partial charge in [0.05, 0.1) is 35.1 Å². The summed E-state index contributed by atoms with van der Waals surface area (Å²) in [6.07, 6.45) is 7.44. The highest BCUT2D eigenvalue weighted by Crippen LogP contribution is 2.32. The van der Waals surface area contributed by atoms with Crippen molar-refractivity contribution in [2.24, 2.45) is 0 Å². The van der Waals surface area contributed by atoms with Crippen molar-refractivity contribution >= 4 is 33.5 Å². The van der Waals surface area contributed by atoms with Crippen molar-refractivity contribution in [1.82, 2.24) is 25.5 Å². The van der Waals surface area contributed by atoms with Gasteiger partial charge in [0.15, 0.2) is 0 Å². The number of aromatic nitrogens is 4. The minimum atomic E-state index is -0.146. The van der Waals surface area contributed by atoms with E-state index in [-0.39, 0.29) is 19.4 Å². The highest BCUT2D eigenvalue weighted by Gasteiger charge is 2.19. The van der Waals surface area contributed by atoms with Crippen molar-refractivity contribution in [3.05, 3.63) is 42.4 Å². The van der Waals surface area contributed by atoms with Gasteiger partial charge in [-0.3, -0.25) is 9.89 Å². The average Bonchev–Trinajstić information content (AvgIpc) is 3.44. The summed E-state index contributed by atoms with van der Waals surface area (Å²) in [6.45, 7) is 1.27. The number of hydrogen-bond donors (Lipinski definition) is 4. The number of hydrogen-bond acceptors (Lipinski definition) is 5.